The van der Waals surface area contributed by atoms with Gasteiger partial charge in [-0.3, -0.25) is 14.4 Å². The number of fused-ring (bicyclic) bond motifs is 5. The Morgan fingerprint density at radius 2 is 1.34 bits per heavy atom. The van der Waals surface area contributed by atoms with Crippen molar-refractivity contribution in [3.8, 4) is 22.5 Å². The molecule has 1 aliphatic heterocycles. The number of benzene rings is 2. The van der Waals surface area contributed by atoms with Crippen LogP contribution in [0.3, 0.4) is 0 Å². The Kier molecular flexibility index (Phi) is 27.2. The zero-order valence-corrected chi connectivity index (χ0v) is 36.3. The molecule has 15 nitrogen and oxygen atoms in total. The number of aromatic nitrogens is 3. The van der Waals surface area contributed by atoms with Crippen LogP contribution in [-0.2, 0) is 55.5 Å². The monoisotopic (exact) mass is 831 g/mol. The fourth-order valence-corrected chi connectivity index (χ4v) is 6.16. The number of hydrogen-bond acceptors (Lipinski definition) is 12. The van der Waals surface area contributed by atoms with E-state index in [4.69, 9.17) is 28.0 Å². The van der Waals surface area contributed by atoms with Crippen LogP contribution in [0.25, 0.3) is 22.5 Å². The van der Waals surface area contributed by atoms with Crippen molar-refractivity contribution in [2.45, 2.75) is 92.7 Å². The lowest BCUT2D eigenvalue weighted by atomic mass is 9.95. The van der Waals surface area contributed by atoms with Crippen LogP contribution in [0, 0.1) is 0 Å². The van der Waals surface area contributed by atoms with Gasteiger partial charge in [-0.1, -0.05) is 88.2 Å². The van der Waals surface area contributed by atoms with Crippen molar-refractivity contribution in [2.24, 2.45) is 0 Å². The van der Waals surface area contributed by atoms with Crippen molar-refractivity contribution in [1.29, 1.82) is 0 Å². The van der Waals surface area contributed by atoms with E-state index >= 15 is 0 Å². The van der Waals surface area contributed by atoms with Crippen LogP contribution in [0.4, 0.5) is 5.69 Å². The van der Waals surface area contributed by atoms with Crippen LogP contribution in [0.1, 0.15) is 85.1 Å². The molecule has 1 atom stereocenters. The molecule has 16 heteroatoms. The summed E-state index contributed by atoms with van der Waals surface area (Å²) in [6.45, 7) is 14.7. The maximum absolute atomic E-state index is 13.8. The van der Waals surface area contributed by atoms with E-state index in [2.05, 4.69) is 15.6 Å². The molecule has 2 N–H and O–H groups in total. The molecule has 0 fully saturated rings. The van der Waals surface area contributed by atoms with E-state index in [-0.39, 0.29) is 30.4 Å². The number of carbonyl (C=O) groups excluding carboxylic acids is 3. The Morgan fingerprint density at radius 3 is 2.02 bits per heavy atom. The van der Waals surface area contributed by atoms with Crippen molar-refractivity contribution in [3.05, 3.63) is 54.1 Å². The van der Waals surface area contributed by atoms with Gasteiger partial charge in [0.15, 0.2) is 0 Å². The number of carbonyl (C=O) groups is 3. The average molecular weight is 832 g/mol. The molecule has 2 heterocycles. The number of unbranched alkanes of at least 4 members (excludes halogenated alkanes) is 3. The summed E-state index contributed by atoms with van der Waals surface area (Å²) in [5, 5.41) is 12.0. The number of nitrogens with zero attached hydrogens (tertiary/aromatic N) is 4. The lowest BCUT2D eigenvalue weighted by Crippen LogP contribution is -2.33. The molecule has 0 aliphatic carbocycles. The van der Waals surface area contributed by atoms with Gasteiger partial charge in [-0.25, -0.2) is 4.68 Å². The quantitative estimate of drug-likeness (QED) is 0.0603. The van der Waals surface area contributed by atoms with Gasteiger partial charge in [-0.2, -0.15) is 0 Å². The molecule has 1 aromatic heterocycles. The molecular weight excluding hydrogens is 765 g/mol. The summed E-state index contributed by atoms with van der Waals surface area (Å²) in [5.41, 5.74) is 4.89. The summed E-state index contributed by atoms with van der Waals surface area (Å²) in [4.78, 5) is 48.4. The van der Waals surface area contributed by atoms with Gasteiger partial charge in [0.2, 0.25) is 11.8 Å². The normalized spacial score (nSPS) is 12.0. The maximum atomic E-state index is 13.8. The molecule has 0 spiro atoms. The van der Waals surface area contributed by atoms with E-state index in [0.29, 0.717) is 96.9 Å². The predicted molar refractivity (Wildman–Crippen MR) is 226 cm³/mol. The summed E-state index contributed by atoms with van der Waals surface area (Å²) < 4.78 is 34.0. The Morgan fingerprint density at radius 1 is 0.741 bits per heavy atom. The highest BCUT2D eigenvalue weighted by atomic mass is 31.2. The van der Waals surface area contributed by atoms with Crippen molar-refractivity contribution in [3.63, 3.8) is 0 Å². The molecular formula is C42H66N5O10P. The Labute approximate surface area is 346 Å². The average Bonchev–Trinajstić information content (AvgIpc) is 3.66. The number of amides is 2. The number of nitrogens with one attached hydrogen (secondary N) is 1. The van der Waals surface area contributed by atoms with Crippen LogP contribution < -0.4 is 10.2 Å². The van der Waals surface area contributed by atoms with Crippen molar-refractivity contribution < 1.29 is 47.3 Å². The zero-order chi connectivity index (χ0) is 42.4. The van der Waals surface area contributed by atoms with E-state index in [0.717, 1.165) is 48.1 Å². The minimum Gasteiger partial charge on any atom is -0.379 e. The summed E-state index contributed by atoms with van der Waals surface area (Å²) >= 11 is 0. The standard InChI is InChI=1S/C38H54N5O10P.2C2H6/c1-30(44)17-21-49-23-25-51-27-28-52-26-24-50-22-19-43-38-32-12-6-5-11-31(32)29-42(34-14-8-7-13-33(34)37(38)40-41-43)36(46)16-15-35(45)39-18-9-3-4-10-20-53-54(47)48-2;2*1-2/h5-8,11-14,47H,3-4,9-10,15-29H2,1-2H3,(H,39,45);2*1-2H3. The van der Waals surface area contributed by atoms with Gasteiger partial charge in [-0.05, 0) is 31.4 Å². The van der Waals surface area contributed by atoms with Crippen LogP contribution in [0.15, 0.2) is 48.5 Å². The highest BCUT2D eigenvalue weighted by Gasteiger charge is 2.29. The lowest BCUT2D eigenvalue weighted by molar-refractivity contribution is -0.125. The summed E-state index contributed by atoms with van der Waals surface area (Å²) in [5.74, 6) is -0.204. The second-order valence-corrected chi connectivity index (χ2v) is 13.7. The number of anilines is 1. The minimum absolute atomic E-state index is 0.0646. The Hall–Kier alpha value is -3.66. The zero-order valence-electron chi connectivity index (χ0n) is 35.4. The molecule has 2 amide bonds. The van der Waals surface area contributed by atoms with E-state index in [1.54, 1.807) is 11.8 Å². The lowest BCUT2D eigenvalue weighted by Gasteiger charge is -2.28. The first kappa shape index (κ1) is 50.5. The van der Waals surface area contributed by atoms with Crippen LogP contribution in [0.2, 0.25) is 0 Å². The second-order valence-electron chi connectivity index (χ2n) is 12.6. The molecule has 0 saturated carbocycles. The summed E-state index contributed by atoms with van der Waals surface area (Å²) in [6.07, 6.45) is 4.01. The number of ketones is 1. The number of hydrogen-bond donors (Lipinski definition) is 2. The topological polar surface area (TPSA) is 173 Å². The van der Waals surface area contributed by atoms with E-state index in [9.17, 15) is 19.3 Å². The number of rotatable bonds is 27. The van der Waals surface area contributed by atoms with Crippen molar-refractivity contribution in [1.82, 2.24) is 20.3 Å². The van der Waals surface area contributed by atoms with E-state index in [1.165, 1.54) is 7.11 Å². The van der Waals surface area contributed by atoms with Gasteiger partial charge >= 0.3 is 8.60 Å². The fourth-order valence-electron chi connectivity index (χ4n) is 5.77. The molecule has 3 aromatic rings. The Bertz CT molecular complexity index is 1590. The van der Waals surface area contributed by atoms with Gasteiger partial charge in [-0.15, -0.1) is 5.10 Å². The number of para-hydroxylation sites is 1. The van der Waals surface area contributed by atoms with Gasteiger partial charge in [0.25, 0.3) is 0 Å². The summed E-state index contributed by atoms with van der Waals surface area (Å²) in [7, 11) is -0.388. The molecule has 2 aromatic carbocycles. The number of ether oxygens (including phenoxy) is 4. The molecule has 0 bridgehead atoms. The minimum atomic E-state index is -1.79. The molecule has 1 aliphatic rings. The van der Waals surface area contributed by atoms with Crippen LogP contribution >= 0.6 is 8.60 Å². The fraction of sp³-hybridized carbons (Fsp3) is 0.595. The maximum Gasteiger partial charge on any atom is 0.329 e. The third-order valence-corrected chi connectivity index (χ3v) is 9.28. The molecule has 324 valence electrons. The van der Waals surface area contributed by atoms with E-state index < -0.39 is 8.60 Å². The van der Waals surface area contributed by atoms with Crippen LogP contribution in [0.5, 0.6) is 0 Å². The van der Waals surface area contributed by atoms with E-state index in [1.807, 2.05) is 80.9 Å². The van der Waals surface area contributed by atoms with Crippen LogP contribution in [-0.4, -0.2) is 111 Å². The third kappa shape index (κ3) is 18.5. The number of Topliss-reactive ketones (excluding diaryl/α,β-unsaturated/α-hetero) is 1. The molecule has 1 unspecified atom stereocenters. The second kappa shape index (κ2) is 31.3. The SMILES string of the molecule is CC.CC.COP(O)OCCCCCCNC(=O)CCC(=O)N1Cc2ccccc2-c2c(nnn2CCOCCOCCOCCOCCC(C)=O)-c2ccccc21. The first-order valence-electron chi connectivity index (χ1n) is 20.5. The Balaban J connectivity index is 0.00000281. The molecule has 0 saturated heterocycles. The first-order chi connectivity index (χ1) is 28.4. The molecule has 58 heavy (non-hydrogen) atoms. The van der Waals surface area contributed by atoms with Gasteiger partial charge in [0.05, 0.1) is 83.9 Å². The smallest absolute Gasteiger partial charge is 0.329 e. The van der Waals surface area contributed by atoms with Gasteiger partial charge < -0.3 is 43.1 Å². The molecule has 0 radical (unpaired) electrons. The highest BCUT2D eigenvalue weighted by Crippen LogP contribution is 2.41. The predicted octanol–water partition coefficient (Wildman–Crippen LogP) is 6.90. The van der Waals surface area contributed by atoms with Gasteiger partial charge in [0, 0.05) is 44.0 Å². The third-order valence-electron chi connectivity index (χ3n) is 8.57. The summed E-state index contributed by atoms with van der Waals surface area (Å²) in [6, 6.07) is 15.6. The van der Waals surface area contributed by atoms with Crippen molar-refractivity contribution >= 4 is 31.9 Å². The van der Waals surface area contributed by atoms with Gasteiger partial charge in [0.1, 0.15) is 11.5 Å². The largest absolute Gasteiger partial charge is 0.379 e. The molecule has 4 rings (SSSR count). The highest BCUT2D eigenvalue weighted by molar-refractivity contribution is 7.40. The van der Waals surface area contributed by atoms with Crippen molar-refractivity contribution in [2.75, 3.05) is 78.0 Å². The first-order valence-corrected chi connectivity index (χ1v) is 21.7.